The zero-order chi connectivity index (χ0) is 18.7. The molecule has 140 valence electrons. The van der Waals surface area contributed by atoms with Gasteiger partial charge in [0.15, 0.2) is 0 Å². The van der Waals surface area contributed by atoms with E-state index in [2.05, 4.69) is 24.9 Å². The third kappa shape index (κ3) is 3.64. The van der Waals surface area contributed by atoms with Gasteiger partial charge in [-0.05, 0) is 56.8 Å². The SMILES string of the molecule is CC1CN(C)CCC1OC(=O)C(C)(c1cccc(C#N)c1)C1CCCC1. The minimum Gasteiger partial charge on any atom is -0.461 e. The predicted molar refractivity (Wildman–Crippen MR) is 102 cm³/mol. The van der Waals surface area contributed by atoms with E-state index in [4.69, 9.17) is 4.74 Å². The minimum absolute atomic E-state index is 0.0152. The van der Waals surface area contributed by atoms with E-state index in [9.17, 15) is 10.1 Å². The molecule has 1 aromatic rings. The van der Waals surface area contributed by atoms with E-state index in [1.54, 1.807) is 6.07 Å². The molecular formula is C22H30N2O2. The summed E-state index contributed by atoms with van der Waals surface area (Å²) in [5.41, 5.74) is 0.855. The average molecular weight is 354 g/mol. The normalized spacial score (nSPS) is 26.8. The van der Waals surface area contributed by atoms with E-state index < -0.39 is 5.41 Å². The van der Waals surface area contributed by atoms with Crippen LogP contribution in [0.15, 0.2) is 24.3 Å². The maximum absolute atomic E-state index is 13.4. The summed E-state index contributed by atoms with van der Waals surface area (Å²) >= 11 is 0. The molecule has 1 aliphatic heterocycles. The first-order chi connectivity index (χ1) is 12.4. The Hall–Kier alpha value is -1.86. The van der Waals surface area contributed by atoms with Crippen LogP contribution in [0.5, 0.6) is 0 Å². The molecule has 1 aliphatic carbocycles. The lowest BCUT2D eigenvalue weighted by Gasteiger charge is -2.39. The number of rotatable bonds is 4. The minimum atomic E-state index is -0.674. The molecule has 2 fully saturated rings. The van der Waals surface area contributed by atoms with Crippen molar-refractivity contribution in [2.75, 3.05) is 20.1 Å². The van der Waals surface area contributed by atoms with Gasteiger partial charge in [0.2, 0.25) is 0 Å². The maximum Gasteiger partial charge on any atom is 0.316 e. The average Bonchev–Trinajstić information content (AvgIpc) is 3.18. The lowest BCUT2D eigenvalue weighted by atomic mass is 9.70. The maximum atomic E-state index is 13.4. The molecule has 0 bridgehead atoms. The van der Waals surface area contributed by atoms with Gasteiger partial charge in [0.25, 0.3) is 0 Å². The van der Waals surface area contributed by atoms with Crippen molar-refractivity contribution in [3.05, 3.63) is 35.4 Å². The molecule has 1 aromatic carbocycles. The van der Waals surface area contributed by atoms with Crippen LogP contribution >= 0.6 is 0 Å². The van der Waals surface area contributed by atoms with Gasteiger partial charge in [0.05, 0.1) is 17.0 Å². The standard InChI is InChI=1S/C22H30N2O2/c1-16-15-24(3)12-11-20(16)26-21(25)22(2,18-8-4-5-9-18)19-10-6-7-17(13-19)14-23/h6-7,10,13,16,18,20H,4-5,8-9,11-12,15H2,1-3H3. The van der Waals surface area contributed by atoms with Gasteiger partial charge in [0, 0.05) is 19.0 Å². The van der Waals surface area contributed by atoms with Gasteiger partial charge in [-0.15, -0.1) is 0 Å². The number of hydrogen-bond donors (Lipinski definition) is 0. The van der Waals surface area contributed by atoms with Gasteiger partial charge in [-0.2, -0.15) is 5.26 Å². The van der Waals surface area contributed by atoms with E-state index in [-0.39, 0.29) is 18.0 Å². The summed E-state index contributed by atoms with van der Waals surface area (Å²) in [5.74, 6) is 0.516. The van der Waals surface area contributed by atoms with Crippen molar-refractivity contribution in [2.24, 2.45) is 11.8 Å². The number of carbonyl (C=O) groups is 1. The van der Waals surface area contributed by atoms with Crippen LogP contribution in [-0.2, 0) is 14.9 Å². The van der Waals surface area contributed by atoms with Gasteiger partial charge in [0.1, 0.15) is 6.10 Å². The van der Waals surface area contributed by atoms with Gasteiger partial charge in [-0.25, -0.2) is 0 Å². The van der Waals surface area contributed by atoms with E-state index in [0.717, 1.165) is 50.8 Å². The smallest absolute Gasteiger partial charge is 0.316 e. The Morgan fingerprint density at radius 2 is 2.04 bits per heavy atom. The summed E-state index contributed by atoms with van der Waals surface area (Å²) in [5, 5.41) is 9.28. The first-order valence-corrected chi connectivity index (χ1v) is 9.85. The molecule has 26 heavy (non-hydrogen) atoms. The number of likely N-dealkylation sites (tertiary alicyclic amines) is 1. The fraction of sp³-hybridized carbons (Fsp3) is 0.636. The topological polar surface area (TPSA) is 53.3 Å². The third-order valence-corrected chi connectivity index (χ3v) is 6.48. The molecule has 0 radical (unpaired) electrons. The largest absolute Gasteiger partial charge is 0.461 e. The highest BCUT2D eigenvalue weighted by molar-refractivity contribution is 5.83. The van der Waals surface area contributed by atoms with Crippen LogP contribution in [0.3, 0.4) is 0 Å². The molecule has 0 amide bonds. The molecule has 3 rings (SSSR count). The summed E-state index contributed by atoms with van der Waals surface area (Å²) in [6, 6.07) is 9.74. The molecule has 3 unspecified atom stereocenters. The molecular weight excluding hydrogens is 324 g/mol. The lowest BCUT2D eigenvalue weighted by molar-refractivity contribution is -0.163. The summed E-state index contributed by atoms with van der Waals surface area (Å²) in [6.07, 6.45) is 5.30. The van der Waals surface area contributed by atoms with Crippen molar-refractivity contribution < 1.29 is 9.53 Å². The molecule has 2 aliphatic rings. The molecule has 4 nitrogen and oxygen atoms in total. The van der Waals surface area contributed by atoms with E-state index >= 15 is 0 Å². The zero-order valence-corrected chi connectivity index (χ0v) is 16.2. The summed E-state index contributed by atoms with van der Waals surface area (Å²) < 4.78 is 6.11. The van der Waals surface area contributed by atoms with E-state index in [1.807, 2.05) is 25.1 Å². The Morgan fingerprint density at radius 1 is 1.31 bits per heavy atom. The third-order valence-electron chi connectivity index (χ3n) is 6.48. The fourth-order valence-electron chi connectivity index (χ4n) is 4.70. The Labute approximate surface area is 157 Å². The highest BCUT2D eigenvalue weighted by atomic mass is 16.5. The van der Waals surface area contributed by atoms with Gasteiger partial charge in [-0.3, -0.25) is 4.79 Å². The van der Waals surface area contributed by atoms with E-state index in [0.29, 0.717) is 11.5 Å². The number of hydrogen-bond acceptors (Lipinski definition) is 4. The van der Waals surface area contributed by atoms with Crippen molar-refractivity contribution in [1.29, 1.82) is 5.26 Å². The summed E-state index contributed by atoms with van der Waals surface area (Å²) in [7, 11) is 2.12. The Morgan fingerprint density at radius 3 is 2.69 bits per heavy atom. The Balaban J connectivity index is 1.88. The molecule has 1 saturated carbocycles. The van der Waals surface area contributed by atoms with Crippen LogP contribution in [0.1, 0.15) is 57.1 Å². The van der Waals surface area contributed by atoms with Crippen molar-refractivity contribution in [1.82, 2.24) is 4.90 Å². The number of ether oxygens (including phenoxy) is 1. The Kier molecular flexibility index (Phi) is 5.67. The van der Waals surface area contributed by atoms with Crippen LogP contribution < -0.4 is 0 Å². The second-order valence-electron chi connectivity index (χ2n) is 8.35. The molecule has 4 heteroatoms. The zero-order valence-electron chi connectivity index (χ0n) is 16.2. The van der Waals surface area contributed by atoms with Crippen LogP contribution in [0.4, 0.5) is 0 Å². The van der Waals surface area contributed by atoms with Crippen molar-refractivity contribution in [3.8, 4) is 6.07 Å². The van der Waals surface area contributed by atoms with Gasteiger partial charge >= 0.3 is 5.97 Å². The van der Waals surface area contributed by atoms with Gasteiger partial charge in [-0.1, -0.05) is 31.9 Å². The van der Waals surface area contributed by atoms with Crippen LogP contribution in [-0.4, -0.2) is 37.1 Å². The summed E-state index contributed by atoms with van der Waals surface area (Å²) in [4.78, 5) is 15.7. The number of carbonyl (C=O) groups excluding carboxylic acids is 1. The van der Waals surface area contributed by atoms with E-state index in [1.165, 1.54) is 0 Å². The number of piperidine rings is 1. The second-order valence-corrected chi connectivity index (χ2v) is 8.35. The molecule has 0 N–H and O–H groups in total. The van der Waals surface area contributed by atoms with Crippen LogP contribution in [0, 0.1) is 23.2 Å². The first kappa shape index (κ1) is 18.9. The number of nitriles is 1. The van der Waals surface area contributed by atoms with Crippen LogP contribution in [0.25, 0.3) is 0 Å². The fourth-order valence-corrected chi connectivity index (χ4v) is 4.70. The van der Waals surface area contributed by atoms with Crippen LogP contribution in [0.2, 0.25) is 0 Å². The monoisotopic (exact) mass is 354 g/mol. The van der Waals surface area contributed by atoms with Gasteiger partial charge < -0.3 is 9.64 Å². The number of esters is 1. The van der Waals surface area contributed by atoms with Crippen molar-refractivity contribution >= 4 is 5.97 Å². The second kappa shape index (κ2) is 7.80. The number of nitrogens with zero attached hydrogens (tertiary/aromatic N) is 2. The number of benzene rings is 1. The molecule has 0 aromatic heterocycles. The molecule has 1 heterocycles. The highest BCUT2D eigenvalue weighted by Crippen LogP contribution is 2.44. The first-order valence-electron chi connectivity index (χ1n) is 9.85. The van der Waals surface area contributed by atoms with Crippen molar-refractivity contribution in [3.63, 3.8) is 0 Å². The molecule has 0 spiro atoms. The predicted octanol–water partition coefficient (Wildman–Crippen LogP) is 3.89. The summed E-state index contributed by atoms with van der Waals surface area (Å²) in [6.45, 7) is 6.12. The molecule has 1 saturated heterocycles. The lowest BCUT2D eigenvalue weighted by Crippen LogP contribution is -2.47. The Bertz CT molecular complexity index is 690. The quantitative estimate of drug-likeness (QED) is 0.770. The molecule has 3 atom stereocenters. The van der Waals surface area contributed by atoms with Crippen molar-refractivity contribution in [2.45, 2.75) is 57.5 Å². The highest BCUT2D eigenvalue weighted by Gasteiger charge is 2.46.